The number of aryl methyl sites for hydroxylation is 1. The second-order valence-electron chi connectivity index (χ2n) is 2.72. The van der Waals surface area contributed by atoms with Crippen LogP contribution < -0.4 is 0 Å². The third-order valence-corrected chi connectivity index (χ3v) is 1.99. The monoisotopic (exact) mass is 209 g/mol. The highest BCUT2D eigenvalue weighted by molar-refractivity contribution is 6.13. The topological polar surface area (TPSA) is 50.1 Å². The predicted octanol–water partition coefficient (Wildman–Crippen LogP) is 2.19. The molecule has 0 aliphatic carbocycles. The molecule has 0 aliphatic heterocycles. The predicted molar refractivity (Wildman–Crippen MR) is 51.4 cm³/mol. The molecule has 0 aliphatic rings. The van der Waals surface area contributed by atoms with Crippen molar-refractivity contribution in [2.45, 2.75) is 12.8 Å². The van der Waals surface area contributed by atoms with Crippen LogP contribution in [0.2, 0.25) is 0 Å². The second-order valence-corrected chi connectivity index (χ2v) is 2.87. The van der Waals surface area contributed by atoms with Gasteiger partial charge in [-0.25, -0.2) is 0 Å². The number of hydrogen-bond donors (Lipinski definition) is 0. The first-order chi connectivity index (χ1) is 6.77. The highest BCUT2D eigenvalue weighted by Crippen LogP contribution is 2.10. The minimum absolute atomic E-state index is 0.183. The minimum atomic E-state index is -0.487. The van der Waals surface area contributed by atoms with Gasteiger partial charge in [-0.15, -0.1) is 0 Å². The molecule has 14 heavy (non-hydrogen) atoms. The van der Waals surface area contributed by atoms with Crippen LogP contribution in [0, 0.1) is 11.3 Å². The van der Waals surface area contributed by atoms with Crippen molar-refractivity contribution in [1.82, 2.24) is 0 Å². The summed E-state index contributed by atoms with van der Waals surface area (Å²) in [4.78, 5) is 10.7. The number of carbonyl (C=O) groups excluding carboxylic acids is 1. The molecule has 0 N–H and O–H groups in total. The van der Waals surface area contributed by atoms with E-state index in [2.05, 4.69) is 10.4 Å². The van der Waals surface area contributed by atoms with E-state index in [0.717, 1.165) is 5.56 Å². The van der Waals surface area contributed by atoms with Crippen LogP contribution in [-0.2, 0) is 15.5 Å². The van der Waals surface area contributed by atoms with Crippen molar-refractivity contribution in [3.8, 4) is 6.07 Å². The Bertz CT molecular complexity index is 371. The van der Waals surface area contributed by atoms with Gasteiger partial charge in [-0.3, -0.25) is 4.79 Å². The molecule has 3 nitrogen and oxygen atoms in total. The third-order valence-electron chi connectivity index (χ3n) is 1.82. The molecule has 1 rings (SSSR count). The molecule has 1 aromatic carbocycles. The summed E-state index contributed by atoms with van der Waals surface area (Å²) in [6.07, 6.45) is 0.650. The fraction of sp³-hybridized carbons (Fsp3) is 0.200. The van der Waals surface area contributed by atoms with Crippen LogP contribution in [0.4, 0.5) is 0 Å². The molecule has 1 aromatic rings. The molecule has 4 heteroatoms. The fourth-order valence-corrected chi connectivity index (χ4v) is 1.20. The molecule has 0 atom stereocenters. The molecule has 0 saturated heterocycles. The largest absolute Gasteiger partial charge is 0.348 e. The van der Waals surface area contributed by atoms with Crippen LogP contribution in [-0.4, -0.2) is 5.97 Å². The summed E-state index contributed by atoms with van der Waals surface area (Å²) in [5.74, 6) is -0.487. The number of rotatable bonds is 3. The maximum Gasteiger partial charge on any atom is 0.325 e. The van der Waals surface area contributed by atoms with Crippen LogP contribution in [0.15, 0.2) is 24.3 Å². The lowest BCUT2D eigenvalue weighted by molar-refractivity contribution is -0.133. The molecular weight excluding hydrogens is 202 g/mol. The number of benzene rings is 1. The highest BCUT2D eigenvalue weighted by Gasteiger charge is 2.05. The number of hydrogen-bond acceptors (Lipinski definition) is 3. The quantitative estimate of drug-likeness (QED) is 0.767. The Kier molecular flexibility index (Phi) is 3.96. The molecule has 0 radical (unpaired) electrons. The van der Waals surface area contributed by atoms with E-state index in [0.29, 0.717) is 12.0 Å². The van der Waals surface area contributed by atoms with Crippen LogP contribution in [0.25, 0.3) is 0 Å². The number of carbonyl (C=O) groups is 1. The zero-order valence-corrected chi connectivity index (χ0v) is 8.12. The number of halogens is 1. The van der Waals surface area contributed by atoms with Crippen LogP contribution in [0.1, 0.15) is 17.5 Å². The SMILES string of the molecule is N#Cc1ccccc1CCC(=O)OCl. The maximum absolute atomic E-state index is 10.7. The van der Waals surface area contributed by atoms with Gasteiger partial charge in [0.05, 0.1) is 18.1 Å². The molecule has 0 aromatic heterocycles. The molecule has 0 fully saturated rings. The molecule has 72 valence electrons. The standard InChI is InChI=1S/C10H8ClNO2/c11-14-10(13)6-5-8-3-1-2-4-9(8)7-12/h1-4H,5-6H2. The van der Waals surface area contributed by atoms with Gasteiger partial charge in [-0.2, -0.15) is 5.26 Å². The van der Waals surface area contributed by atoms with Gasteiger partial charge in [0.25, 0.3) is 0 Å². The Morgan fingerprint density at radius 2 is 2.21 bits per heavy atom. The zero-order chi connectivity index (χ0) is 10.4. The molecule has 0 heterocycles. The molecule has 0 bridgehead atoms. The molecular formula is C10H8ClNO2. The average molecular weight is 210 g/mol. The van der Waals surface area contributed by atoms with E-state index in [-0.39, 0.29) is 6.42 Å². The van der Waals surface area contributed by atoms with Gasteiger partial charge < -0.3 is 4.29 Å². The Morgan fingerprint density at radius 3 is 2.86 bits per heavy atom. The van der Waals surface area contributed by atoms with Gasteiger partial charge in [0.2, 0.25) is 0 Å². The smallest absolute Gasteiger partial charge is 0.325 e. The molecule has 0 saturated carbocycles. The van der Waals surface area contributed by atoms with Crippen molar-refractivity contribution in [2.24, 2.45) is 0 Å². The minimum Gasteiger partial charge on any atom is -0.348 e. The summed E-state index contributed by atoms with van der Waals surface area (Å²) < 4.78 is 4.00. The van der Waals surface area contributed by atoms with Crippen molar-refractivity contribution < 1.29 is 9.08 Å². The van der Waals surface area contributed by atoms with Crippen molar-refractivity contribution in [1.29, 1.82) is 5.26 Å². The van der Waals surface area contributed by atoms with E-state index in [9.17, 15) is 4.79 Å². The molecule has 0 spiro atoms. The summed E-state index contributed by atoms with van der Waals surface area (Å²) in [5.41, 5.74) is 1.41. The molecule has 0 unspecified atom stereocenters. The Labute approximate surface area is 87.0 Å². The van der Waals surface area contributed by atoms with Crippen molar-refractivity contribution in [3.05, 3.63) is 35.4 Å². The lowest BCUT2D eigenvalue weighted by atomic mass is 10.0. The van der Waals surface area contributed by atoms with Gasteiger partial charge >= 0.3 is 5.97 Å². The lowest BCUT2D eigenvalue weighted by Crippen LogP contribution is -2.00. The Hall–Kier alpha value is -1.53. The third kappa shape index (κ3) is 2.75. The van der Waals surface area contributed by atoms with Gasteiger partial charge in [-0.05, 0) is 18.1 Å². The number of nitriles is 1. The second kappa shape index (κ2) is 5.25. The van der Waals surface area contributed by atoms with E-state index >= 15 is 0 Å². The molecule has 0 amide bonds. The Morgan fingerprint density at radius 1 is 1.50 bits per heavy atom. The zero-order valence-electron chi connectivity index (χ0n) is 7.37. The normalized spacial score (nSPS) is 9.14. The highest BCUT2D eigenvalue weighted by atomic mass is 35.5. The van der Waals surface area contributed by atoms with Crippen molar-refractivity contribution in [2.75, 3.05) is 0 Å². The summed E-state index contributed by atoms with van der Waals surface area (Å²) in [7, 11) is 0. The van der Waals surface area contributed by atoms with Gasteiger partial charge in [0.1, 0.15) is 11.9 Å². The van der Waals surface area contributed by atoms with Crippen LogP contribution in [0.5, 0.6) is 0 Å². The van der Waals surface area contributed by atoms with Gasteiger partial charge in [0.15, 0.2) is 0 Å². The van der Waals surface area contributed by atoms with Gasteiger partial charge in [0, 0.05) is 0 Å². The van der Waals surface area contributed by atoms with E-state index in [4.69, 9.17) is 17.1 Å². The summed E-state index contributed by atoms with van der Waals surface area (Å²) in [6.45, 7) is 0. The summed E-state index contributed by atoms with van der Waals surface area (Å²) >= 11 is 4.88. The summed E-state index contributed by atoms with van der Waals surface area (Å²) in [6, 6.07) is 9.17. The number of nitrogens with zero attached hydrogens (tertiary/aromatic N) is 1. The lowest BCUT2D eigenvalue weighted by Gasteiger charge is -2.00. The van der Waals surface area contributed by atoms with Gasteiger partial charge in [-0.1, -0.05) is 18.2 Å². The fourth-order valence-electron chi connectivity index (χ4n) is 1.12. The van der Waals surface area contributed by atoms with Crippen molar-refractivity contribution in [3.63, 3.8) is 0 Å². The van der Waals surface area contributed by atoms with Crippen LogP contribution >= 0.6 is 11.9 Å². The maximum atomic E-state index is 10.7. The van der Waals surface area contributed by atoms with E-state index in [1.165, 1.54) is 0 Å². The van der Waals surface area contributed by atoms with E-state index < -0.39 is 5.97 Å². The first-order valence-electron chi connectivity index (χ1n) is 4.07. The van der Waals surface area contributed by atoms with Crippen LogP contribution in [0.3, 0.4) is 0 Å². The first kappa shape index (κ1) is 10.6. The average Bonchev–Trinajstić information content (AvgIpc) is 2.26. The van der Waals surface area contributed by atoms with E-state index in [1.54, 1.807) is 18.2 Å². The van der Waals surface area contributed by atoms with E-state index in [1.807, 2.05) is 6.07 Å². The summed E-state index contributed by atoms with van der Waals surface area (Å²) in [5, 5.41) is 8.75. The Balaban J connectivity index is 2.68. The first-order valence-corrected chi connectivity index (χ1v) is 4.38. The van der Waals surface area contributed by atoms with Crippen molar-refractivity contribution >= 4 is 17.8 Å².